The van der Waals surface area contributed by atoms with Crippen molar-refractivity contribution in [3.8, 4) is 28.0 Å². The number of halogens is 4. The van der Waals surface area contributed by atoms with E-state index < -0.39 is 23.3 Å². The Balaban J connectivity index is 1.20. The molecule has 0 unspecified atom stereocenters. The van der Waals surface area contributed by atoms with E-state index >= 15 is 8.78 Å². The second-order valence-electron chi connectivity index (χ2n) is 12.9. The third-order valence-corrected chi connectivity index (χ3v) is 10.2. The Labute approximate surface area is 260 Å². The Hall–Kier alpha value is -3.08. The summed E-state index contributed by atoms with van der Waals surface area (Å²) < 4.78 is 65.7. The number of benzene rings is 3. The van der Waals surface area contributed by atoms with Crippen LogP contribution in [0.3, 0.4) is 0 Å². The van der Waals surface area contributed by atoms with Crippen LogP contribution in [0.2, 0.25) is 0 Å². The number of hydrogen-bond acceptors (Lipinski definition) is 1. The van der Waals surface area contributed by atoms with Gasteiger partial charge in [0.15, 0.2) is 23.2 Å². The lowest BCUT2D eigenvalue weighted by Crippen LogP contribution is -2.25. The van der Waals surface area contributed by atoms with E-state index in [1.165, 1.54) is 50.7 Å². The second-order valence-corrected chi connectivity index (χ2v) is 12.9. The Bertz CT molecular complexity index is 1400. The Morgan fingerprint density at radius 3 is 1.84 bits per heavy atom. The first-order chi connectivity index (χ1) is 21.4. The highest BCUT2D eigenvalue weighted by Gasteiger charge is 2.32. The number of rotatable bonds is 11. The summed E-state index contributed by atoms with van der Waals surface area (Å²) in [5.74, 6) is -1.35. The van der Waals surface area contributed by atoms with Gasteiger partial charge in [-0.2, -0.15) is 4.39 Å². The first kappa shape index (κ1) is 32.3. The van der Waals surface area contributed by atoms with Gasteiger partial charge in [-0.05, 0) is 117 Å². The van der Waals surface area contributed by atoms with E-state index in [-0.39, 0.29) is 22.8 Å². The van der Waals surface area contributed by atoms with Crippen molar-refractivity contribution >= 4 is 0 Å². The molecule has 2 saturated carbocycles. The van der Waals surface area contributed by atoms with Gasteiger partial charge in [0, 0.05) is 11.1 Å². The molecule has 44 heavy (non-hydrogen) atoms. The first-order valence-electron chi connectivity index (χ1n) is 16.7. The van der Waals surface area contributed by atoms with E-state index in [9.17, 15) is 8.78 Å². The van der Waals surface area contributed by atoms with Crippen molar-refractivity contribution in [1.82, 2.24) is 0 Å². The van der Waals surface area contributed by atoms with Crippen LogP contribution in [0.25, 0.3) is 22.3 Å². The Morgan fingerprint density at radius 1 is 0.682 bits per heavy atom. The zero-order valence-corrected chi connectivity index (χ0v) is 26.2. The van der Waals surface area contributed by atoms with Crippen molar-refractivity contribution in [1.29, 1.82) is 0 Å². The van der Waals surface area contributed by atoms with E-state index in [2.05, 4.69) is 19.1 Å². The van der Waals surface area contributed by atoms with Gasteiger partial charge in [-0.1, -0.05) is 74.7 Å². The Kier molecular flexibility index (Phi) is 11.2. The lowest BCUT2D eigenvalue weighted by molar-refractivity contribution is 0.156. The van der Waals surface area contributed by atoms with Crippen molar-refractivity contribution in [3.63, 3.8) is 0 Å². The molecule has 0 bridgehead atoms. The highest BCUT2D eigenvalue weighted by Crippen LogP contribution is 2.45. The molecule has 3 aromatic rings. The summed E-state index contributed by atoms with van der Waals surface area (Å²) in [5.41, 5.74) is 1.67. The van der Waals surface area contributed by atoms with Crippen LogP contribution in [-0.2, 0) is 0 Å². The van der Waals surface area contributed by atoms with Crippen molar-refractivity contribution in [2.24, 2.45) is 17.8 Å². The van der Waals surface area contributed by atoms with E-state index in [1.54, 1.807) is 36.4 Å². The van der Waals surface area contributed by atoms with Gasteiger partial charge in [-0.3, -0.25) is 0 Å². The first-order valence-corrected chi connectivity index (χ1v) is 16.7. The standard InChI is InChI=1S/C39H46F4O/c1-3-5-7-8-26-9-11-27(12-10-26)28-13-15-29(16-14-28)32-21-22-33(37(41)36(32)40)30-17-19-31(20-18-30)34-23-24-35(39(43)38(34)42)44-25-6-4-2/h3,5,17-24,26-29H,4,6-16,25H2,1-2H3. The molecule has 5 rings (SSSR count). The average molecular weight is 607 g/mol. The minimum Gasteiger partial charge on any atom is -0.490 e. The van der Waals surface area contributed by atoms with Crippen molar-refractivity contribution < 1.29 is 22.3 Å². The van der Waals surface area contributed by atoms with E-state index in [0.717, 1.165) is 50.4 Å². The molecule has 0 radical (unpaired) electrons. The molecule has 2 aliphatic carbocycles. The van der Waals surface area contributed by atoms with Gasteiger partial charge in [0.2, 0.25) is 5.82 Å². The molecule has 3 aromatic carbocycles. The number of unbranched alkanes of at least 4 members (excludes halogenated alkanes) is 1. The van der Waals surface area contributed by atoms with Crippen LogP contribution in [0.4, 0.5) is 17.6 Å². The van der Waals surface area contributed by atoms with Gasteiger partial charge in [-0.15, -0.1) is 0 Å². The molecule has 2 aliphatic rings. The normalized spacial score (nSPS) is 22.4. The van der Waals surface area contributed by atoms with Gasteiger partial charge in [0.1, 0.15) is 0 Å². The van der Waals surface area contributed by atoms with Crippen LogP contribution in [0.1, 0.15) is 102 Å². The maximum absolute atomic E-state index is 15.5. The SMILES string of the molecule is CC=CCCC1CCC(C2CCC(c3ccc(-c4ccc(-c5ccc(OCCCC)c(F)c5F)cc4)c(F)c3F)CC2)CC1. The molecule has 0 atom stereocenters. The Morgan fingerprint density at radius 2 is 1.25 bits per heavy atom. The minimum atomic E-state index is -1.02. The van der Waals surface area contributed by atoms with Crippen LogP contribution in [0.5, 0.6) is 5.75 Å². The molecule has 0 aromatic heterocycles. The highest BCUT2D eigenvalue weighted by atomic mass is 19.2. The van der Waals surface area contributed by atoms with Gasteiger partial charge in [-0.25, -0.2) is 13.2 Å². The zero-order chi connectivity index (χ0) is 31.1. The summed E-state index contributed by atoms with van der Waals surface area (Å²) in [5, 5.41) is 0. The fourth-order valence-electron chi connectivity index (χ4n) is 7.47. The van der Waals surface area contributed by atoms with Crippen molar-refractivity contribution in [2.45, 2.75) is 96.8 Å². The molecule has 0 spiro atoms. The largest absolute Gasteiger partial charge is 0.490 e. The topological polar surface area (TPSA) is 9.23 Å². The van der Waals surface area contributed by atoms with Crippen LogP contribution in [-0.4, -0.2) is 6.61 Å². The maximum Gasteiger partial charge on any atom is 0.201 e. The number of allylic oxidation sites excluding steroid dienone is 2. The number of ether oxygens (including phenoxy) is 1. The molecule has 5 heteroatoms. The molecule has 0 N–H and O–H groups in total. The predicted molar refractivity (Wildman–Crippen MR) is 172 cm³/mol. The van der Waals surface area contributed by atoms with Crippen LogP contribution < -0.4 is 4.74 Å². The monoisotopic (exact) mass is 606 g/mol. The molecule has 0 saturated heterocycles. The van der Waals surface area contributed by atoms with E-state index in [4.69, 9.17) is 4.74 Å². The van der Waals surface area contributed by atoms with Crippen LogP contribution in [0.15, 0.2) is 60.7 Å². The number of hydrogen-bond donors (Lipinski definition) is 0. The molecule has 0 heterocycles. The summed E-state index contributed by atoms with van der Waals surface area (Å²) in [6, 6.07) is 12.8. The molecule has 236 valence electrons. The fraction of sp³-hybridized carbons (Fsp3) is 0.487. The summed E-state index contributed by atoms with van der Waals surface area (Å²) in [6.07, 6.45) is 17.8. The quantitative estimate of drug-likeness (QED) is 0.120. The lowest BCUT2D eigenvalue weighted by Gasteiger charge is -2.38. The predicted octanol–water partition coefficient (Wildman–Crippen LogP) is 12.2. The summed E-state index contributed by atoms with van der Waals surface area (Å²) >= 11 is 0. The fourth-order valence-corrected chi connectivity index (χ4v) is 7.47. The summed E-state index contributed by atoms with van der Waals surface area (Å²) in [4.78, 5) is 0. The third kappa shape index (κ3) is 7.41. The molecular weight excluding hydrogens is 560 g/mol. The molecule has 0 aliphatic heterocycles. The van der Waals surface area contributed by atoms with Gasteiger partial charge < -0.3 is 4.74 Å². The van der Waals surface area contributed by atoms with Crippen LogP contribution >= 0.6 is 0 Å². The second kappa shape index (κ2) is 15.3. The molecule has 1 nitrogen and oxygen atoms in total. The van der Waals surface area contributed by atoms with Crippen LogP contribution in [0, 0.1) is 41.0 Å². The minimum absolute atomic E-state index is 0.0427. The molecular formula is C39H46F4O. The van der Waals surface area contributed by atoms with E-state index in [1.807, 2.05) is 6.92 Å². The summed E-state index contributed by atoms with van der Waals surface area (Å²) in [7, 11) is 0. The zero-order valence-electron chi connectivity index (χ0n) is 26.2. The molecule has 2 fully saturated rings. The van der Waals surface area contributed by atoms with Gasteiger partial charge in [0.05, 0.1) is 6.61 Å². The molecule has 0 amide bonds. The van der Waals surface area contributed by atoms with E-state index in [0.29, 0.717) is 29.2 Å². The van der Waals surface area contributed by atoms with Gasteiger partial charge in [0.25, 0.3) is 0 Å². The average Bonchev–Trinajstić information content (AvgIpc) is 3.05. The lowest BCUT2D eigenvalue weighted by atomic mass is 9.68. The summed E-state index contributed by atoms with van der Waals surface area (Å²) in [6.45, 7) is 4.40. The van der Waals surface area contributed by atoms with Gasteiger partial charge >= 0.3 is 0 Å². The third-order valence-electron chi connectivity index (χ3n) is 10.2. The highest BCUT2D eigenvalue weighted by molar-refractivity contribution is 5.72. The van der Waals surface area contributed by atoms with Crippen molar-refractivity contribution in [3.05, 3.63) is 89.5 Å². The van der Waals surface area contributed by atoms with Crippen molar-refractivity contribution in [2.75, 3.05) is 6.61 Å². The maximum atomic E-state index is 15.5. The smallest absolute Gasteiger partial charge is 0.201 e.